The number of rotatable bonds is 5. The summed E-state index contributed by atoms with van der Waals surface area (Å²) in [6, 6.07) is 8.07. The van der Waals surface area contributed by atoms with Gasteiger partial charge in [-0.05, 0) is 76.6 Å². The predicted octanol–water partition coefficient (Wildman–Crippen LogP) is 5.15. The Morgan fingerprint density at radius 1 is 1.11 bits per heavy atom. The van der Waals surface area contributed by atoms with E-state index in [2.05, 4.69) is 44.3 Å². The van der Waals surface area contributed by atoms with E-state index in [0.29, 0.717) is 29.9 Å². The first-order valence-electron chi connectivity index (χ1n) is 13.1. The number of carbonyl (C=O) groups excluding carboxylic acids is 2. The molecule has 0 aromatic carbocycles. The Bertz CT molecular complexity index is 1290. The van der Waals surface area contributed by atoms with Crippen LogP contribution in [0.5, 0.6) is 0 Å². The Kier molecular flexibility index (Phi) is 6.79. The molecule has 2 fully saturated rings. The number of fused-ring (bicyclic) bond motifs is 1. The highest BCUT2D eigenvalue weighted by atomic mass is 16.6. The molecule has 1 aliphatic carbocycles. The summed E-state index contributed by atoms with van der Waals surface area (Å²) in [5.41, 5.74) is 2.16. The lowest BCUT2D eigenvalue weighted by atomic mass is 9.93. The highest BCUT2D eigenvalue weighted by molar-refractivity contribution is 6.05. The van der Waals surface area contributed by atoms with Crippen LogP contribution in [0.3, 0.4) is 0 Å². The maximum Gasteiger partial charge on any atom is 0.407 e. The van der Waals surface area contributed by atoms with Gasteiger partial charge in [-0.1, -0.05) is 6.92 Å². The van der Waals surface area contributed by atoms with Crippen molar-refractivity contribution in [2.24, 2.45) is 5.92 Å². The van der Waals surface area contributed by atoms with Crippen molar-refractivity contribution in [2.75, 3.05) is 23.3 Å². The summed E-state index contributed by atoms with van der Waals surface area (Å²) in [6.07, 6.45) is 9.43. The summed E-state index contributed by atoms with van der Waals surface area (Å²) in [4.78, 5) is 36.8. The molecule has 3 aromatic rings. The standard InChI is InChI=1S/C28H36N6O3/c1-18-14-20(30-27(36)37-28(2,3)4)17-33(16-18)24-10-12-29-15-23(24)32-26(35)22-9-8-19-11-13-34(25(19)31-22)21-6-5-7-21/h8-13,15,18,20-21H,5-7,14,16-17H2,1-4H3,(H,30,36)(H,32,35). The fraction of sp³-hybridized carbons (Fsp3) is 0.500. The molecule has 0 bridgehead atoms. The van der Waals surface area contributed by atoms with Crippen LogP contribution in [0, 0.1) is 5.92 Å². The molecular formula is C28H36N6O3. The van der Waals surface area contributed by atoms with Gasteiger partial charge < -0.3 is 24.8 Å². The molecule has 0 radical (unpaired) electrons. The summed E-state index contributed by atoms with van der Waals surface area (Å²) in [5, 5.41) is 7.08. The molecule has 2 amide bonds. The Balaban J connectivity index is 1.32. The minimum absolute atomic E-state index is 0.0707. The van der Waals surface area contributed by atoms with Crippen molar-refractivity contribution in [3.63, 3.8) is 0 Å². The van der Waals surface area contributed by atoms with E-state index < -0.39 is 11.7 Å². The molecular weight excluding hydrogens is 468 g/mol. The van der Waals surface area contributed by atoms with Crippen LogP contribution in [-0.4, -0.2) is 51.3 Å². The van der Waals surface area contributed by atoms with Crippen molar-refractivity contribution in [3.05, 3.63) is 48.5 Å². The number of aromatic nitrogens is 3. The number of hydrogen-bond acceptors (Lipinski definition) is 6. The van der Waals surface area contributed by atoms with Gasteiger partial charge in [0, 0.05) is 43.0 Å². The van der Waals surface area contributed by atoms with Gasteiger partial charge in [0.25, 0.3) is 5.91 Å². The fourth-order valence-corrected chi connectivity index (χ4v) is 5.19. The second-order valence-electron chi connectivity index (χ2n) is 11.4. The number of ether oxygens (including phenoxy) is 1. The number of anilines is 2. The van der Waals surface area contributed by atoms with Gasteiger partial charge in [0.15, 0.2) is 0 Å². The molecule has 1 aliphatic heterocycles. The lowest BCUT2D eigenvalue weighted by Crippen LogP contribution is -2.51. The molecule has 5 rings (SSSR count). The molecule has 37 heavy (non-hydrogen) atoms. The number of piperidine rings is 1. The zero-order chi connectivity index (χ0) is 26.2. The molecule has 0 spiro atoms. The van der Waals surface area contributed by atoms with Crippen molar-refractivity contribution < 1.29 is 14.3 Å². The van der Waals surface area contributed by atoms with E-state index >= 15 is 0 Å². The van der Waals surface area contributed by atoms with E-state index in [1.165, 1.54) is 6.42 Å². The molecule has 1 saturated carbocycles. The Morgan fingerprint density at radius 3 is 2.65 bits per heavy atom. The third-order valence-electron chi connectivity index (χ3n) is 7.03. The first kappa shape index (κ1) is 25.0. The molecule has 2 atom stereocenters. The molecule has 1 saturated heterocycles. The lowest BCUT2D eigenvalue weighted by molar-refractivity contribution is 0.0495. The number of nitrogens with one attached hydrogen (secondary N) is 2. The zero-order valence-corrected chi connectivity index (χ0v) is 22.0. The van der Waals surface area contributed by atoms with E-state index in [4.69, 9.17) is 9.72 Å². The van der Waals surface area contributed by atoms with Crippen LogP contribution >= 0.6 is 0 Å². The first-order valence-corrected chi connectivity index (χ1v) is 13.1. The third kappa shape index (κ3) is 5.70. The second-order valence-corrected chi connectivity index (χ2v) is 11.4. The Morgan fingerprint density at radius 2 is 1.92 bits per heavy atom. The summed E-state index contributed by atoms with van der Waals surface area (Å²) in [5.74, 6) is 0.0692. The number of hydrogen-bond donors (Lipinski definition) is 2. The fourth-order valence-electron chi connectivity index (χ4n) is 5.19. The molecule has 2 aliphatic rings. The number of alkyl carbamates (subject to hydrolysis) is 1. The molecule has 2 unspecified atom stereocenters. The van der Waals surface area contributed by atoms with Crippen LogP contribution in [0.25, 0.3) is 11.0 Å². The van der Waals surface area contributed by atoms with Crippen molar-refractivity contribution in [1.82, 2.24) is 19.9 Å². The zero-order valence-electron chi connectivity index (χ0n) is 22.0. The molecule has 2 N–H and O–H groups in total. The van der Waals surface area contributed by atoms with Crippen molar-refractivity contribution >= 4 is 34.4 Å². The third-order valence-corrected chi connectivity index (χ3v) is 7.03. The topological polar surface area (TPSA) is 101 Å². The first-order chi connectivity index (χ1) is 17.7. The van der Waals surface area contributed by atoms with Crippen molar-refractivity contribution in [2.45, 2.75) is 71.1 Å². The number of pyridine rings is 2. The van der Waals surface area contributed by atoms with E-state index in [1.54, 1.807) is 18.5 Å². The van der Waals surface area contributed by atoms with Crippen LogP contribution in [0.1, 0.15) is 69.9 Å². The Labute approximate surface area is 217 Å². The van der Waals surface area contributed by atoms with Crippen LogP contribution in [0.2, 0.25) is 0 Å². The Hall–Kier alpha value is -3.62. The molecule has 4 heterocycles. The van der Waals surface area contributed by atoms with Crippen molar-refractivity contribution in [1.29, 1.82) is 0 Å². The minimum Gasteiger partial charge on any atom is -0.444 e. The molecule has 196 valence electrons. The van der Waals surface area contributed by atoms with Gasteiger partial charge in [-0.3, -0.25) is 9.78 Å². The van der Waals surface area contributed by atoms with Crippen molar-refractivity contribution in [3.8, 4) is 0 Å². The predicted molar refractivity (Wildman–Crippen MR) is 144 cm³/mol. The highest BCUT2D eigenvalue weighted by Gasteiger charge is 2.29. The average Bonchev–Trinajstić information content (AvgIpc) is 3.19. The second kappa shape index (κ2) is 10.0. The van der Waals surface area contributed by atoms with E-state index in [1.807, 2.05) is 32.9 Å². The van der Waals surface area contributed by atoms with Crippen LogP contribution in [0.15, 0.2) is 42.9 Å². The number of nitrogens with zero attached hydrogens (tertiary/aromatic N) is 4. The maximum absolute atomic E-state index is 13.3. The summed E-state index contributed by atoms with van der Waals surface area (Å²) in [6.45, 7) is 9.13. The van der Waals surface area contributed by atoms with E-state index in [0.717, 1.165) is 42.5 Å². The summed E-state index contributed by atoms with van der Waals surface area (Å²) >= 11 is 0. The van der Waals surface area contributed by atoms with E-state index in [9.17, 15) is 9.59 Å². The largest absolute Gasteiger partial charge is 0.444 e. The van der Waals surface area contributed by atoms with Gasteiger partial charge in [-0.25, -0.2) is 9.78 Å². The molecule has 9 nitrogen and oxygen atoms in total. The van der Waals surface area contributed by atoms with Gasteiger partial charge >= 0.3 is 6.09 Å². The van der Waals surface area contributed by atoms with Gasteiger partial charge in [-0.15, -0.1) is 0 Å². The quantitative estimate of drug-likeness (QED) is 0.498. The van der Waals surface area contributed by atoms with Gasteiger partial charge in [0.2, 0.25) is 0 Å². The number of amides is 2. The maximum atomic E-state index is 13.3. The SMILES string of the molecule is CC1CC(NC(=O)OC(C)(C)C)CN(c2ccncc2NC(=O)c2ccc3ccn(C4CCC4)c3n2)C1. The molecule has 9 heteroatoms. The number of carbonyl (C=O) groups is 2. The normalized spacial score (nSPS) is 20.4. The average molecular weight is 505 g/mol. The monoisotopic (exact) mass is 504 g/mol. The van der Waals surface area contributed by atoms with E-state index in [-0.39, 0.29) is 11.9 Å². The van der Waals surface area contributed by atoms with Crippen LogP contribution in [0.4, 0.5) is 16.2 Å². The van der Waals surface area contributed by atoms with Gasteiger partial charge in [-0.2, -0.15) is 0 Å². The highest BCUT2D eigenvalue weighted by Crippen LogP contribution is 2.34. The smallest absolute Gasteiger partial charge is 0.407 e. The molecule has 3 aromatic heterocycles. The van der Waals surface area contributed by atoms with Crippen LogP contribution < -0.4 is 15.5 Å². The van der Waals surface area contributed by atoms with Gasteiger partial charge in [0.1, 0.15) is 16.9 Å². The summed E-state index contributed by atoms with van der Waals surface area (Å²) in [7, 11) is 0. The summed E-state index contributed by atoms with van der Waals surface area (Å²) < 4.78 is 7.65. The van der Waals surface area contributed by atoms with Crippen LogP contribution in [-0.2, 0) is 4.74 Å². The lowest BCUT2D eigenvalue weighted by Gasteiger charge is -2.39. The minimum atomic E-state index is -0.552. The van der Waals surface area contributed by atoms with Gasteiger partial charge in [0.05, 0.1) is 17.6 Å².